The Bertz CT molecular complexity index is 435. The van der Waals surface area contributed by atoms with E-state index >= 15 is 0 Å². The van der Waals surface area contributed by atoms with Crippen LogP contribution >= 0.6 is 38.5 Å². The molecule has 1 aliphatic carbocycles. The van der Waals surface area contributed by atoms with Gasteiger partial charge in [-0.2, -0.15) is 0 Å². The van der Waals surface area contributed by atoms with Crippen LogP contribution in [0.1, 0.15) is 57.6 Å². The second kappa shape index (κ2) is 8.14. The Hall–Kier alpha value is 0.390. The molecule has 0 amide bonds. The van der Waals surface area contributed by atoms with Crippen LogP contribution in [0.4, 0.5) is 0 Å². The van der Waals surface area contributed by atoms with Crippen LogP contribution in [-0.4, -0.2) is 6.54 Å². The van der Waals surface area contributed by atoms with Gasteiger partial charge in [0.1, 0.15) is 0 Å². The van der Waals surface area contributed by atoms with Gasteiger partial charge in [-0.15, -0.1) is 0 Å². The van der Waals surface area contributed by atoms with E-state index in [4.69, 9.17) is 0 Å². The van der Waals surface area contributed by atoms with E-state index in [1.165, 1.54) is 45.7 Å². The van der Waals surface area contributed by atoms with Gasteiger partial charge in [-0.05, 0) is 77.6 Å². The SMILES string of the molecule is CCNC(c1cc(Br)ccc1I)C1CCCC(CC)C1. The van der Waals surface area contributed by atoms with Crippen LogP contribution in [0.25, 0.3) is 0 Å². The van der Waals surface area contributed by atoms with Gasteiger partial charge >= 0.3 is 0 Å². The highest BCUT2D eigenvalue weighted by Crippen LogP contribution is 2.40. The maximum absolute atomic E-state index is 3.76. The minimum absolute atomic E-state index is 0.513. The van der Waals surface area contributed by atoms with Crippen molar-refractivity contribution in [1.82, 2.24) is 5.32 Å². The van der Waals surface area contributed by atoms with Gasteiger partial charge in [-0.3, -0.25) is 0 Å². The zero-order chi connectivity index (χ0) is 14.5. The molecular weight excluding hydrogens is 425 g/mol. The largest absolute Gasteiger partial charge is 0.310 e. The lowest BCUT2D eigenvalue weighted by Crippen LogP contribution is -2.32. The highest BCUT2D eigenvalue weighted by atomic mass is 127. The van der Waals surface area contributed by atoms with Crippen LogP contribution in [0.15, 0.2) is 22.7 Å². The van der Waals surface area contributed by atoms with Crippen molar-refractivity contribution in [3.63, 3.8) is 0 Å². The Labute approximate surface area is 145 Å². The van der Waals surface area contributed by atoms with Crippen LogP contribution in [0.2, 0.25) is 0 Å². The number of rotatable bonds is 5. The fourth-order valence-electron chi connectivity index (χ4n) is 3.51. The fraction of sp³-hybridized carbons (Fsp3) is 0.647. The molecule has 1 saturated carbocycles. The van der Waals surface area contributed by atoms with Crippen molar-refractivity contribution >= 4 is 38.5 Å². The van der Waals surface area contributed by atoms with Crippen molar-refractivity contribution in [2.45, 2.75) is 52.0 Å². The lowest BCUT2D eigenvalue weighted by molar-refractivity contribution is 0.210. The van der Waals surface area contributed by atoms with Crippen molar-refractivity contribution in [3.05, 3.63) is 31.8 Å². The minimum Gasteiger partial charge on any atom is -0.310 e. The highest BCUT2D eigenvalue weighted by Gasteiger charge is 2.29. The van der Waals surface area contributed by atoms with E-state index < -0.39 is 0 Å². The standard InChI is InChI=1S/C17H25BrIN/c1-3-12-6-5-7-13(10-12)17(20-4-2)15-11-14(18)8-9-16(15)19/h8-9,11-13,17,20H,3-7,10H2,1-2H3. The Balaban J connectivity index is 2.23. The molecule has 1 aliphatic rings. The van der Waals surface area contributed by atoms with Crippen LogP contribution in [0, 0.1) is 15.4 Å². The third-order valence-electron chi connectivity index (χ3n) is 4.59. The summed E-state index contributed by atoms with van der Waals surface area (Å²) in [7, 11) is 0. The topological polar surface area (TPSA) is 12.0 Å². The molecule has 0 radical (unpaired) electrons. The maximum atomic E-state index is 3.76. The minimum atomic E-state index is 0.513. The molecule has 3 unspecified atom stereocenters. The molecule has 0 bridgehead atoms. The van der Waals surface area contributed by atoms with Crippen LogP contribution in [-0.2, 0) is 0 Å². The average molecular weight is 450 g/mol. The van der Waals surface area contributed by atoms with Crippen molar-refractivity contribution in [2.24, 2.45) is 11.8 Å². The molecule has 0 aromatic heterocycles. The zero-order valence-electron chi connectivity index (χ0n) is 12.5. The Morgan fingerprint density at radius 1 is 1.35 bits per heavy atom. The van der Waals surface area contributed by atoms with Gasteiger partial charge in [0.2, 0.25) is 0 Å². The van der Waals surface area contributed by atoms with Crippen LogP contribution in [0.3, 0.4) is 0 Å². The lowest BCUT2D eigenvalue weighted by Gasteiger charge is -2.35. The lowest BCUT2D eigenvalue weighted by atomic mass is 9.75. The third kappa shape index (κ3) is 4.20. The summed E-state index contributed by atoms with van der Waals surface area (Å²) in [5.74, 6) is 1.72. The molecule has 112 valence electrons. The van der Waals surface area contributed by atoms with Crippen LogP contribution in [0.5, 0.6) is 0 Å². The molecule has 0 aliphatic heterocycles. The summed E-state index contributed by atoms with van der Waals surface area (Å²) in [6.07, 6.45) is 6.93. The molecular formula is C17H25BrIN. The second-order valence-corrected chi connectivity index (χ2v) is 7.98. The van der Waals surface area contributed by atoms with Gasteiger partial charge in [-0.25, -0.2) is 0 Å². The first-order chi connectivity index (χ1) is 9.65. The predicted molar refractivity (Wildman–Crippen MR) is 99.0 cm³/mol. The maximum Gasteiger partial charge on any atom is 0.0359 e. The molecule has 3 heteroatoms. The Morgan fingerprint density at radius 2 is 2.15 bits per heavy atom. The summed E-state index contributed by atoms with van der Waals surface area (Å²) in [6, 6.07) is 7.19. The van der Waals surface area contributed by atoms with Gasteiger partial charge in [0.25, 0.3) is 0 Å². The molecule has 0 saturated heterocycles. The highest BCUT2D eigenvalue weighted by molar-refractivity contribution is 14.1. The Morgan fingerprint density at radius 3 is 2.85 bits per heavy atom. The summed E-state index contributed by atoms with van der Waals surface area (Å²) in [5.41, 5.74) is 1.48. The third-order valence-corrected chi connectivity index (χ3v) is 6.06. The van der Waals surface area contributed by atoms with Gasteiger partial charge in [0.05, 0.1) is 0 Å². The zero-order valence-corrected chi connectivity index (χ0v) is 16.2. The summed E-state index contributed by atoms with van der Waals surface area (Å²) in [6.45, 7) is 5.61. The van der Waals surface area contributed by atoms with Crippen molar-refractivity contribution in [1.29, 1.82) is 0 Å². The van der Waals surface area contributed by atoms with E-state index in [0.717, 1.165) is 18.4 Å². The number of hydrogen-bond donors (Lipinski definition) is 1. The van der Waals surface area contributed by atoms with Gasteiger partial charge < -0.3 is 5.32 Å². The van der Waals surface area contributed by atoms with E-state index in [9.17, 15) is 0 Å². The van der Waals surface area contributed by atoms with E-state index in [1.54, 1.807) is 0 Å². The van der Waals surface area contributed by atoms with Crippen molar-refractivity contribution in [3.8, 4) is 0 Å². The quantitative estimate of drug-likeness (QED) is 0.550. The van der Waals surface area contributed by atoms with E-state index in [0.29, 0.717) is 6.04 Å². The first-order valence-corrected chi connectivity index (χ1v) is 9.71. The predicted octanol–water partition coefficient (Wildman–Crippen LogP) is 5.92. The normalized spacial score (nSPS) is 24.6. The molecule has 2 rings (SSSR count). The monoisotopic (exact) mass is 449 g/mol. The Kier molecular flexibility index (Phi) is 6.82. The van der Waals surface area contributed by atoms with Gasteiger partial charge in [0.15, 0.2) is 0 Å². The molecule has 1 N–H and O–H groups in total. The summed E-state index contributed by atoms with van der Waals surface area (Å²) in [5, 5.41) is 3.76. The average Bonchev–Trinajstić information content (AvgIpc) is 2.47. The molecule has 1 aromatic carbocycles. The molecule has 3 atom stereocenters. The summed E-state index contributed by atoms with van der Waals surface area (Å²) in [4.78, 5) is 0. The fourth-order valence-corrected chi connectivity index (χ4v) is 4.56. The van der Waals surface area contributed by atoms with E-state index in [-0.39, 0.29) is 0 Å². The van der Waals surface area contributed by atoms with Crippen LogP contribution < -0.4 is 5.32 Å². The smallest absolute Gasteiger partial charge is 0.0359 e. The molecule has 1 nitrogen and oxygen atoms in total. The molecule has 1 fully saturated rings. The number of halogens is 2. The number of hydrogen-bond acceptors (Lipinski definition) is 1. The van der Waals surface area contributed by atoms with Crippen molar-refractivity contribution < 1.29 is 0 Å². The molecule has 1 aromatic rings. The molecule has 20 heavy (non-hydrogen) atoms. The van der Waals surface area contributed by atoms with E-state index in [2.05, 4.69) is 75.9 Å². The van der Waals surface area contributed by atoms with Crippen molar-refractivity contribution in [2.75, 3.05) is 6.54 Å². The van der Waals surface area contributed by atoms with Gasteiger partial charge in [-0.1, -0.05) is 49.0 Å². The second-order valence-electron chi connectivity index (χ2n) is 5.90. The number of benzene rings is 1. The first-order valence-electron chi connectivity index (χ1n) is 7.84. The van der Waals surface area contributed by atoms with Gasteiger partial charge in [0, 0.05) is 14.1 Å². The van der Waals surface area contributed by atoms with E-state index in [1.807, 2.05) is 0 Å². The molecule has 0 spiro atoms. The molecule has 0 heterocycles. The first kappa shape index (κ1) is 16.8. The summed E-state index contributed by atoms with van der Waals surface area (Å²) < 4.78 is 2.58. The summed E-state index contributed by atoms with van der Waals surface area (Å²) >= 11 is 6.12. The number of nitrogens with one attached hydrogen (secondary N) is 1.